The van der Waals surface area contributed by atoms with E-state index < -0.39 is 0 Å². The van der Waals surface area contributed by atoms with Crippen LogP contribution in [0.25, 0.3) is 0 Å². The maximum atomic E-state index is 3.67. The van der Waals surface area contributed by atoms with Gasteiger partial charge in [-0.1, -0.05) is 20.8 Å². The molecule has 0 saturated carbocycles. The van der Waals surface area contributed by atoms with Crippen LogP contribution in [0.5, 0.6) is 0 Å². The molecule has 0 spiro atoms. The number of hydrogen-bond acceptors (Lipinski definition) is 2. The van der Waals surface area contributed by atoms with Crippen molar-refractivity contribution < 1.29 is 0 Å². The van der Waals surface area contributed by atoms with Crippen LogP contribution in [0.4, 0.5) is 0 Å². The van der Waals surface area contributed by atoms with Gasteiger partial charge in [-0.05, 0) is 59.4 Å². The van der Waals surface area contributed by atoms with Gasteiger partial charge in [0.1, 0.15) is 0 Å². The molecule has 0 radical (unpaired) electrons. The summed E-state index contributed by atoms with van der Waals surface area (Å²) >= 11 is 0. The Morgan fingerprint density at radius 1 is 1.06 bits per heavy atom. The van der Waals surface area contributed by atoms with E-state index in [1.165, 1.54) is 25.9 Å². The molecule has 0 aliphatic heterocycles. The van der Waals surface area contributed by atoms with Crippen molar-refractivity contribution in [2.24, 2.45) is 5.41 Å². The Kier molecular flexibility index (Phi) is 7.46. The van der Waals surface area contributed by atoms with Crippen molar-refractivity contribution in [2.75, 3.05) is 19.6 Å². The van der Waals surface area contributed by atoms with E-state index in [2.05, 4.69) is 65.6 Å². The molecular weight excluding hydrogens is 220 g/mol. The first-order valence-corrected chi connectivity index (χ1v) is 7.62. The summed E-state index contributed by atoms with van der Waals surface area (Å²) in [5, 5.41) is 3.67. The number of nitrogens with zero attached hydrogens (tertiary/aromatic N) is 1. The third-order valence-corrected chi connectivity index (χ3v) is 3.72. The van der Waals surface area contributed by atoms with Gasteiger partial charge in [0.05, 0.1) is 0 Å². The largest absolute Gasteiger partial charge is 0.311 e. The van der Waals surface area contributed by atoms with Crippen LogP contribution in [0.2, 0.25) is 0 Å². The predicted octanol–water partition coefficient (Wildman–Crippen LogP) is 3.91. The Balaban J connectivity index is 4.52. The summed E-state index contributed by atoms with van der Waals surface area (Å²) in [7, 11) is 0. The molecule has 0 aromatic carbocycles. The molecule has 0 amide bonds. The minimum atomic E-state index is 0.212. The highest BCUT2D eigenvalue weighted by molar-refractivity contribution is 4.84. The lowest BCUT2D eigenvalue weighted by Gasteiger charge is -2.39. The molecule has 18 heavy (non-hydrogen) atoms. The zero-order valence-electron chi connectivity index (χ0n) is 14.1. The lowest BCUT2D eigenvalue weighted by Crippen LogP contribution is -2.48. The van der Waals surface area contributed by atoms with E-state index in [0.717, 1.165) is 6.54 Å². The summed E-state index contributed by atoms with van der Waals surface area (Å²) in [4.78, 5) is 2.62. The van der Waals surface area contributed by atoms with Crippen molar-refractivity contribution in [3.63, 3.8) is 0 Å². The Morgan fingerprint density at radius 3 is 1.94 bits per heavy atom. The Bertz CT molecular complexity index is 218. The van der Waals surface area contributed by atoms with Gasteiger partial charge in [0.15, 0.2) is 0 Å². The first-order chi connectivity index (χ1) is 8.13. The topological polar surface area (TPSA) is 15.3 Å². The molecule has 0 bridgehead atoms. The van der Waals surface area contributed by atoms with Crippen molar-refractivity contribution in [3.8, 4) is 0 Å². The third kappa shape index (κ3) is 7.38. The van der Waals surface area contributed by atoms with Crippen molar-refractivity contribution in [1.82, 2.24) is 10.2 Å². The smallest absolute Gasteiger partial charge is 0.00967 e. The van der Waals surface area contributed by atoms with Crippen LogP contribution >= 0.6 is 0 Å². The van der Waals surface area contributed by atoms with Crippen LogP contribution in [0.1, 0.15) is 68.2 Å². The fraction of sp³-hybridized carbons (Fsp3) is 1.00. The molecule has 1 unspecified atom stereocenters. The van der Waals surface area contributed by atoms with E-state index in [1.54, 1.807) is 0 Å². The lowest BCUT2D eigenvalue weighted by molar-refractivity contribution is 0.120. The second kappa shape index (κ2) is 7.49. The first kappa shape index (κ1) is 17.9. The highest BCUT2D eigenvalue weighted by Crippen LogP contribution is 2.24. The Labute approximate surface area is 116 Å². The molecule has 0 rings (SSSR count). The molecule has 1 atom stereocenters. The van der Waals surface area contributed by atoms with Crippen molar-refractivity contribution >= 4 is 0 Å². The second-order valence-corrected chi connectivity index (χ2v) is 7.33. The van der Waals surface area contributed by atoms with Gasteiger partial charge < -0.3 is 10.2 Å². The molecule has 0 fully saturated rings. The van der Waals surface area contributed by atoms with Gasteiger partial charge in [-0.15, -0.1) is 0 Å². The Morgan fingerprint density at radius 2 is 1.61 bits per heavy atom. The first-order valence-electron chi connectivity index (χ1n) is 7.62. The maximum absolute atomic E-state index is 3.67. The number of rotatable bonds is 8. The van der Waals surface area contributed by atoms with Crippen LogP contribution in [-0.2, 0) is 0 Å². The van der Waals surface area contributed by atoms with Crippen LogP contribution in [0.3, 0.4) is 0 Å². The summed E-state index contributed by atoms with van der Waals surface area (Å²) in [6.45, 7) is 21.9. The highest BCUT2D eigenvalue weighted by atomic mass is 15.2. The van der Waals surface area contributed by atoms with E-state index in [0.29, 0.717) is 11.5 Å². The van der Waals surface area contributed by atoms with E-state index in [1.807, 2.05) is 0 Å². The molecule has 0 aromatic rings. The fourth-order valence-electron chi connectivity index (χ4n) is 2.07. The number of nitrogens with one attached hydrogen (secondary N) is 1. The highest BCUT2D eigenvalue weighted by Gasteiger charge is 2.27. The van der Waals surface area contributed by atoms with Gasteiger partial charge >= 0.3 is 0 Å². The number of hydrogen-bond donors (Lipinski definition) is 1. The predicted molar refractivity (Wildman–Crippen MR) is 83.2 cm³/mol. The lowest BCUT2D eigenvalue weighted by atomic mass is 9.85. The van der Waals surface area contributed by atoms with Crippen molar-refractivity contribution in [2.45, 2.75) is 79.8 Å². The minimum absolute atomic E-state index is 0.212. The van der Waals surface area contributed by atoms with E-state index >= 15 is 0 Å². The van der Waals surface area contributed by atoms with Crippen molar-refractivity contribution in [3.05, 3.63) is 0 Å². The standard InChI is InChI=1S/C16H36N2/c1-9-11-18(14(3)4)13-16(8,10-2)12-17-15(5,6)7/h14,17H,9-13H2,1-8H3. The van der Waals surface area contributed by atoms with Crippen LogP contribution in [-0.4, -0.2) is 36.1 Å². The monoisotopic (exact) mass is 256 g/mol. The summed E-state index contributed by atoms with van der Waals surface area (Å²) in [6.07, 6.45) is 2.47. The molecule has 0 aliphatic rings. The van der Waals surface area contributed by atoms with E-state index in [-0.39, 0.29) is 5.54 Å². The van der Waals surface area contributed by atoms with E-state index in [9.17, 15) is 0 Å². The summed E-state index contributed by atoms with van der Waals surface area (Å²) < 4.78 is 0. The summed E-state index contributed by atoms with van der Waals surface area (Å²) in [5.41, 5.74) is 0.580. The molecule has 0 aromatic heterocycles. The molecule has 110 valence electrons. The molecule has 0 aliphatic carbocycles. The zero-order valence-corrected chi connectivity index (χ0v) is 14.1. The van der Waals surface area contributed by atoms with Gasteiger partial charge in [0.2, 0.25) is 0 Å². The molecule has 1 N–H and O–H groups in total. The normalized spacial score (nSPS) is 16.3. The molecule has 0 saturated heterocycles. The third-order valence-electron chi connectivity index (χ3n) is 3.72. The second-order valence-electron chi connectivity index (χ2n) is 7.33. The van der Waals surface area contributed by atoms with Gasteiger partial charge in [-0.25, -0.2) is 0 Å². The molecular formula is C16H36N2. The summed E-state index contributed by atoms with van der Waals surface area (Å²) in [6, 6.07) is 0.644. The van der Waals surface area contributed by atoms with Gasteiger partial charge in [-0.3, -0.25) is 0 Å². The molecule has 0 heterocycles. The van der Waals surface area contributed by atoms with Crippen LogP contribution < -0.4 is 5.32 Å². The van der Waals surface area contributed by atoms with Crippen molar-refractivity contribution in [1.29, 1.82) is 0 Å². The van der Waals surface area contributed by atoms with Crippen LogP contribution in [0, 0.1) is 5.41 Å². The molecule has 2 heteroatoms. The summed E-state index contributed by atoms with van der Waals surface area (Å²) in [5.74, 6) is 0. The average molecular weight is 256 g/mol. The van der Waals surface area contributed by atoms with Gasteiger partial charge in [-0.2, -0.15) is 0 Å². The quantitative estimate of drug-likeness (QED) is 0.708. The van der Waals surface area contributed by atoms with Gasteiger partial charge in [0.25, 0.3) is 0 Å². The van der Waals surface area contributed by atoms with Crippen LogP contribution in [0.15, 0.2) is 0 Å². The SMILES string of the molecule is CCCN(CC(C)(CC)CNC(C)(C)C)C(C)C. The van der Waals surface area contributed by atoms with E-state index in [4.69, 9.17) is 0 Å². The minimum Gasteiger partial charge on any atom is -0.311 e. The maximum Gasteiger partial charge on any atom is 0.00967 e. The molecule has 2 nitrogen and oxygen atoms in total. The zero-order chi connectivity index (χ0) is 14.4. The fourth-order valence-corrected chi connectivity index (χ4v) is 2.07. The average Bonchev–Trinajstić information content (AvgIpc) is 2.25. The van der Waals surface area contributed by atoms with Gasteiger partial charge in [0, 0.05) is 24.7 Å². The Hall–Kier alpha value is -0.0800.